The second kappa shape index (κ2) is 50.5. The van der Waals surface area contributed by atoms with E-state index in [1.54, 1.807) is 0 Å². The van der Waals surface area contributed by atoms with E-state index in [0.29, 0.717) is 19.3 Å². The number of ether oxygens (including phenoxy) is 1. The van der Waals surface area contributed by atoms with Crippen molar-refractivity contribution in [2.75, 3.05) is 6.61 Å². The summed E-state index contributed by atoms with van der Waals surface area (Å²) in [6.45, 7) is 6.22. The third kappa shape index (κ3) is 45.1. The molecule has 0 aliphatic carbocycles. The van der Waals surface area contributed by atoms with Crippen LogP contribution in [0.5, 0.6) is 0 Å². The first-order valence-electron chi connectivity index (χ1n) is 26.2. The van der Waals surface area contributed by atoms with E-state index in [-0.39, 0.29) is 24.9 Å². The van der Waals surface area contributed by atoms with Gasteiger partial charge in [-0.25, -0.2) is 0 Å². The predicted molar refractivity (Wildman–Crippen MR) is 277 cm³/mol. The lowest BCUT2D eigenvalue weighted by Crippen LogP contribution is -2.46. The van der Waals surface area contributed by atoms with Crippen molar-refractivity contribution < 1.29 is 24.5 Å². The van der Waals surface area contributed by atoms with Crippen molar-refractivity contribution in [2.45, 2.75) is 238 Å². The number of nitrogens with one attached hydrogen (secondary N) is 1. The first-order chi connectivity index (χ1) is 31.5. The Balaban J connectivity index is 4.63. The second-order valence-electron chi connectivity index (χ2n) is 17.4. The molecule has 0 aliphatic heterocycles. The van der Waals surface area contributed by atoms with Gasteiger partial charge < -0.3 is 20.3 Å². The van der Waals surface area contributed by atoms with E-state index >= 15 is 0 Å². The van der Waals surface area contributed by atoms with Crippen LogP contribution in [0.25, 0.3) is 0 Å². The van der Waals surface area contributed by atoms with Crippen molar-refractivity contribution in [2.24, 2.45) is 0 Å². The number of carbonyl (C=O) groups is 2. The summed E-state index contributed by atoms with van der Waals surface area (Å²) in [7, 11) is 0. The lowest BCUT2D eigenvalue weighted by molar-refractivity contribution is -0.151. The molecule has 0 saturated carbocycles. The Morgan fingerprint density at radius 3 is 1.38 bits per heavy atom. The summed E-state index contributed by atoms with van der Waals surface area (Å²) < 4.78 is 5.88. The van der Waals surface area contributed by atoms with Gasteiger partial charge >= 0.3 is 5.97 Å². The Bertz CT molecular complexity index is 1320. The molecule has 364 valence electrons. The molecule has 0 fully saturated rings. The standard InChI is InChI=1S/C58H97NO5/c1-4-7-10-13-16-19-22-24-26-28-29-31-33-36-39-42-45-48-51-58(63)64-54(49-46-43-40-37-34-21-18-15-12-9-6-3)52-57(62)59-55(53-60)56(61)50-47-44-41-38-35-32-30-27-25-23-20-17-14-11-8-5-2/h9-10,12-13,15-16,18-19,21-22,24,26,28-29,31,34,37,40,54-56,60-61H,4-8,11,14,17,20,23,25,27,30,32-33,35-36,38-39,41-53H2,1-3H3,(H,59,62)/b12-9+,13-10+,18-15+,19-16+,24-22+,28-26+,31-29+,34-21-,40-37-. The van der Waals surface area contributed by atoms with Crippen LogP contribution in [0.2, 0.25) is 0 Å². The Kier molecular flexibility index (Phi) is 47.8. The molecule has 0 radical (unpaired) electrons. The Morgan fingerprint density at radius 1 is 0.469 bits per heavy atom. The minimum atomic E-state index is -0.816. The minimum absolute atomic E-state index is 0.0143. The molecule has 0 aromatic rings. The molecule has 6 heteroatoms. The van der Waals surface area contributed by atoms with E-state index in [9.17, 15) is 19.8 Å². The molecule has 0 aromatic heterocycles. The fourth-order valence-corrected chi connectivity index (χ4v) is 7.36. The molecule has 3 atom stereocenters. The summed E-state index contributed by atoms with van der Waals surface area (Å²) in [5.74, 6) is -0.580. The van der Waals surface area contributed by atoms with Gasteiger partial charge in [0.05, 0.1) is 25.2 Å². The highest BCUT2D eigenvalue weighted by Crippen LogP contribution is 2.17. The molecule has 0 saturated heterocycles. The van der Waals surface area contributed by atoms with Crippen molar-refractivity contribution in [1.82, 2.24) is 5.32 Å². The van der Waals surface area contributed by atoms with Gasteiger partial charge in [-0.1, -0.05) is 259 Å². The van der Waals surface area contributed by atoms with Crippen LogP contribution >= 0.6 is 0 Å². The van der Waals surface area contributed by atoms with Gasteiger partial charge in [0.1, 0.15) is 6.10 Å². The van der Waals surface area contributed by atoms with Gasteiger partial charge in [-0.3, -0.25) is 9.59 Å². The molecular formula is C58H97NO5. The summed E-state index contributed by atoms with van der Waals surface area (Å²) in [5.41, 5.74) is 0. The Morgan fingerprint density at radius 2 is 0.891 bits per heavy atom. The number of esters is 1. The quantitative estimate of drug-likeness (QED) is 0.0322. The van der Waals surface area contributed by atoms with Crippen LogP contribution in [0.4, 0.5) is 0 Å². The molecule has 0 rings (SSSR count). The molecule has 3 unspecified atom stereocenters. The van der Waals surface area contributed by atoms with Gasteiger partial charge in [0.15, 0.2) is 0 Å². The van der Waals surface area contributed by atoms with Crippen molar-refractivity contribution in [3.8, 4) is 0 Å². The average Bonchev–Trinajstić information content (AvgIpc) is 3.29. The molecule has 64 heavy (non-hydrogen) atoms. The summed E-state index contributed by atoms with van der Waals surface area (Å²) in [4.78, 5) is 26.1. The van der Waals surface area contributed by atoms with Gasteiger partial charge in [0.25, 0.3) is 0 Å². The van der Waals surface area contributed by atoms with Crippen molar-refractivity contribution in [3.63, 3.8) is 0 Å². The molecule has 0 aliphatic rings. The lowest BCUT2D eigenvalue weighted by Gasteiger charge is -2.24. The highest BCUT2D eigenvalue weighted by molar-refractivity contribution is 5.77. The van der Waals surface area contributed by atoms with E-state index in [0.717, 1.165) is 83.5 Å². The van der Waals surface area contributed by atoms with Crippen LogP contribution in [-0.4, -0.2) is 46.9 Å². The maximum Gasteiger partial charge on any atom is 0.306 e. The summed E-state index contributed by atoms with van der Waals surface area (Å²) >= 11 is 0. The van der Waals surface area contributed by atoms with Crippen LogP contribution < -0.4 is 5.32 Å². The predicted octanol–water partition coefficient (Wildman–Crippen LogP) is 15.9. The number of aliphatic hydroxyl groups excluding tert-OH is 2. The highest BCUT2D eigenvalue weighted by atomic mass is 16.5. The van der Waals surface area contributed by atoms with Crippen molar-refractivity contribution >= 4 is 11.9 Å². The van der Waals surface area contributed by atoms with E-state index in [2.05, 4.69) is 74.7 Å². The number of unbranched alkanes of at least 4 members (excludes halogenated alkanes) is 22. The van der Waals surface area contributed by atoms with Gasteiger partial charge in [-0.15, -0.1) is 0 Å². The second-order valence-corrected chi connectivity index (χ2v) is 17.4. The molecule has 1 amide bonds. The van der Waals surface area contributed by atoms with Gasteiger partial charge in [-0.05, 0) is 57.8 Å². The SMILES string of the molecule is CC/C=C/C=C/C=C\C=C/CCCC(CC(=O)NC(CO)C(O)CCCCCCCCCCCCCCCCCC)OC(=O)CCCCCCC/C=C/C=C/C=C/C=C/C=C/CCC. The van der Waals surface area contributed by atoms with E-state index in [1.807, 2.05) is 60.8 Å². The summed E-state index contributed by atoms with van der Waals surface area (Å²) in [6.07, 6.45) is 68.7. The Hall–Kier alpha value is -3.48. The first-order valence-corrected chi connectivity index (χ1v) is 26.2. The van der Waals surface area contributed by atoms with Gasteiger partial charge in [0, 0.05) is 6.42 Å². The van der Waals surface area contributed by atoms with Gasteiger partial charge in [0.2, 0.25) is 5.91 Å². The number of hydrogen-bond acceptors (Lipinski definition) is 5. The van der Waals surface area contributed by atoms with Crippen LogP contribution in [0, 0.1) is 0 Å². The maximum absolute atomic E-state index is 13.2. The molecule has 0 spiro atoms. The minimum Gasteiger partial charge on any atom is -0.462 e. The molecule has 0 aromatic carbocycles. The fourth-order valence-electron chi connectivity index (χ4n) is 7.36. The molecular weight excluding hydrogens is 791 g/mol. The normalized spacial score (nSPS) is 14.1. The number of rotatable bonds is 45. The van der Waals surface area contributed by atoms with E-state index in [4.69, 9.17) is 4.74 Å². The Labute approximate surface area is 394 Å². The summed E-state index contributed by atoms with van der Waals surface area (Å²) in [6, 6.07) is -0.735. The smallest absolute Gasteiger partial charge is 0.306 e. The van der Waals surface area contributed by atoms with Crippen LogP contribution in [0.3, 0.4) is 0 Å². The van der Waals surface area contributed by atoms with E-state index < -0.39 is 18.2 Å². The number of amides is 1. The third-order valence-corrected chi connectivity index (χ3v) is 11.3. The zero-order valence-electron chi connectivity index (χ0n) is 41.4. The molecule has 0 bridgehead atoms. The van der Waals surface area contributed by atoms with Gasteiger partial charge in [-0.2, -0.15) is 0 Å². The van der Waals surface area contributed by atoms with Crippen molar-refractivity contribution in [1.29, 1.82) is 0 Å². The molecule has 6 nitrogen and oxygen atoms in total. The van der Waals surface area contributed by atoms with E-state index in [1.165, 1.54) is 89.9 Å². The lowest BCUT2D eigenvalue weighted by atomic mass is 10.0. The number of aliphatic hydroxyl groups is 2. The zero-order chi connectivity index (χ0) is 46.7. The van der Waals surface area contributed by atoms with Crippen molar-refractivity contribution in [3.05, 3.63) is 109 Å². The summed E-state index contributed by atoms with van der Waals surface area (Å²) in [5, 5.41) is 23.8. The molecule has 3 N–H and O–H groups in total. The largest absolute Gasteiger partial charge is 0.462 e. The topological polar surface area (TPSA) is 95.9 Å². The first kappa shape index (κ1) is 60.5. The number of carbonyl (C=O) groups excluding carboxylic acids is 2. The van der Waals surface area contributed by atoms with Crippen LogP contribution in [-0.2, 0) is 14.3 Å². The molecule has 0 heterocycles. The number of hydrogen-bond donors (Lipinski definition) is 3. The van der Waals surface area contributed by atoms with Crippen LogP contribution in [0.15, 0.2) is 109 Å². The monoisotopic (exact) mass is 888 g/mol. The number of allylic oxidation sites excluding steroid dienone is 18. The highest BCUT2D eigenvalue weighted by Gasteiger charge is 2.24. The third-order valence-electron chi connectivity index (χ3n) is 11.3. The maximum atomic E-state index is 13.2. The average molecular weight is 888 g/mol. The zero-order valence-corrected chi connectivity index (χ0v) is 41.4. The van der Waals surface area contributed by atoms with Crippen LogP contribution in [0.1, 0.15) is 220 Å². The fraction of sp³-hybridized carbons (Fsp3) is 0.655.